The van der Waals surface area contributed by atoms with Crippen molar-refractivity contribution in [2.45, 2.75) is 12.8 Å². The maximum absolute atomic E-state index is 11.8. The molecule has 5 nitrogen and oxygen atoms in total. The number of hydrogen-bond donors (Lipinski definition) is 0. The fourth-order valence-electron chi connectivity index (χ4n) is 2.02. The molecule has 0 radical (unpaired) electrons. The summed E-state index contributed by atoms with van der Waals surface area (Å²) >= 11 is 0. The monoisotopic (exact) mass is 255 g/mol. The molecule has 96 valence electrons. The van der Waals surface area contributed by atoms with Crippen LogP contribution in [0.2, 0.25) is 0 Å². The lowest BCUT2D eigenvalue weighted by atomic mass is 10.1. The molecule has 0 fully saturated rings. The van der Waals surface area contributed by atoms with Crippen LogP contribution in [-0.4, -0.2) is 21.0 Å². The highest BCUT2D eigenvalue weighted by molar-refractivity contribution is 5.76. The molecular formula is C14H13N3O2. The second-order valence-electron chi connectivity index (χ2n) is 4.40. The maximum Gasteiger partial charge on any atom is 0.314 e. The molecule has 1 heterocycles. The third-order valence-corrected chi connectivity index (χ3v) is 3.08. The highest BCUT2D eigenvalue weighted by Crippen LogP contribution is 2.21. The maximum atomic E-state index is 11.8. The first-order chi connectivity index (χ1) is 9.33. The average Bonchev–Trinajstić information content (AvgIpc) is 3.13. The summed E-state index contributed by atoms with van der Waals surface area (Å²) in [5.74, 6) is 0.356. The molecule has 0 amide bonds. The van der Waals surface area contributed by atoms with Crippen LogP contribution in [0.15, 0.2) is 48.8 Å². The van der Waals surface area contributed by atoms with Gasteiger partial charge < -0.3 is 4.74 Å². The van der Waals surface area contributed by atoms with Crippen molar-refractivity contribution in [1.82, 2.24) is 15.0 Å². The van der Waals surface area contributed by atoms with Crippen LogP contribution >= 0.6 is 0 Å². The van der Waals surface area contributed by atoms with Crippen LogP contribution < -0.4 is 4.74 Å². The lowest BCUT2D eigenvalue weighted by Crippen LogP contribution is -2.17. The highest BCUT2D eigenvalue weighted by Gasteiger charge is 2.21. The number of aromatic nitrogens is 3. The Bertz CT molecular complexity index is 580. The van der Waals surface area contributed by atoms with Crippen LogP contribution in [-0.2, 0) is 4.79 Å². The molecule has 0 saturated heterocycles. The van der Waals surface area contributed by atoms with Crippen LogP contribution in [0.4, 0.5) is 0 Å². The van der Waals surface area contributed by atoms with E-state index in [0.717, 1.165) is 18.5 Å². The second-order valence-corrected chi connectivity index (χ2v) is 4.40. The van der Waals surface area contributed by atoms with Gasteiger partial charge in [-0.05, 0) is 37.1 Å². The van der Waals surface area contributed by atoms with Crippen LogP contribution in [0.3, 0.4) is 0 Å². The summed E-state index contributed by atoms with van der Waals surface area (Å²) in [4.78, 5) is 11.8. The summed E-state index contributed by atoms with van der Waals surface area (Å²) in [7, 11) is 0. The van der Waals surface area contributed by atoms with E-state index in [-0.39, 0.29) is 11.9 Å². The molecule has 0 atom stereocenters. The molecule has 0 spiro atoms. The molecule has 2 aromatic rings. The predicted octanol–water partition coefficient (Wildman–Crippen LogP) is 2.14. The van der Waals surface area contributed by atoms with E-state index in [9.17, 15) is 4.79 Å². The quantitative estimate of drug-likeness (QED) is 0.479. The summed E-state index contributed by atoms with van der Waals surface area (Å²) in [5, 5.41) is 7.63. The Labute approximate surface area is 110 Å². The molecule has 1 aromatic heterocycles. The number of benzene rings is 1. The Balaban J connectivity index is 1.67. The lowest BCUT2D eigenvalue weighted by Gasteiger charge is -2.09. The highest BCUT2D eigenvalue weighted by atomic mass is 16.5. The van der Waals surface area contributed by atoms with E-state index in [1.807, 2.05) is 24.3 Å². The summed E-state index contributed by atoms with van der Waals surface area (Å²) in [6, 6.07) is 7.20. The molecule has 19 heavy (non-hydrogen) atoms. The molecule has 1 aromatic carbocycles. The molecule has 0 aliphatic heterocycles. The van der Waals surface area contributed by atoms with E-state index in [4.69, 9.17) is 4.74 Å². The van der Waals surface area contributed by atoms with Gasteiger partial charge in [-0.3, -0.25) is 4.79 Å². The van der Waals surface area contributed by atoms with E-state index in [2.05, 4.69) is 10.3 Å². The van der Waals surface area contributed by atoms with Crippen molar-refractivity contribution in [3.8, 4) is 11.4 Å². The lowest BCUT2D eigenvalue weighted by molar-refractivity contribution is -0.138. The molecule has 3 rings (SSSR count). The van der Waals surface area contributed by atoms with Gasteiger partial charge in [-0.1, -0.05) is 17.4 Å². The molecule has 0 bridgehead atoms. The fourth-order valence-corrected chi connectivity index (χ4v) is 2.02. The number of nitrogens with zero attached hydrogens (tertiary/aromatic N) is 3. The summed E-state index contributed by atoms with van der Waals surface area (Å²) in [6.45, 7) is 0. The van der Waals surface area contributed by atoms with Gasteiger partial charge in [-0.2, -0.15) is 0 Å². The number of ether oxygens (including phenoxy) is 1. The average molecular weight is 255 g/mol. The van der Waals surface area contributed by atoms with Gasteiger partial charge in [0.1, 0.15) is 5.75 Å². The first-order valence-corrected chi connectivity index (χ1v) is 6.16. The van der Waals surface area contributed by atoms with E-state index in [0.29, 0.717) is 5.75 Å². The zero-order chi connectivity index (χ0) is 13.1. The Kier molecular flexibility index (Phi) is 3.10. The van der Waals surface area contributed by atoms with Crippen LogP contribution in [0.5, 0.6) is 5.75 Å². The van der Waals surface area contributed by atoms with Crippen LogP contribution in [0.1, 0.15) is 12.8 Å². The van der Waals surface area contributed by atoms with Crippen molar-refractivity contribution in [3.63, 3.8) is 0 Å². The number of hydrogen-bond acceptors (Lipinski definition) is 4. The van der Waals surface area contributed by atoms with Crippen molar-refractivity contribution in [2.75, 3.05) is 0 Å². The molecule has 5 heteroatoms. The summed E-state index contributed by atoms with van der Waals surface area (Å²) in [6.07, 6.45) is 8.94. The smallest absolute Gasteiger partial charge is 0.314 e. The van der Waals surface area contributed by atoms with Gasteiger partial charge in [0.25, 0.3) is 0 Å². The van der Waals surface area contributed by atoms with Gasteiger partial charge in [0.05, 0.1) is 24.0 Å². The van der Waals surface area contributed by atoms with Gasteiger partial charge in [-0.25, -0.2) is 4.68 Å². The van der Waals surface area contributed by atoms with E-state index < -0.39 is 0 Å². The predicted molar refractivity (Wildman–Crippen MR) is 68.9 cm³/mol. The van der Waals surface area contributed by atoms with Gasteiger partial charge in [0, 0.05) is 0 Å². The van der Waals surface area contributed by atoms with Crippen LogP contribution in [0, 0.1) is 5.92 Å². The van der Waals surface area contributed by atoms with Crippen LogP contribution in [0.25, 0.3) is 5.69 Å². The minimum Gasteiger partial charge on any atom is -0.426 e. The first kappa shape index (κ1) is 11.6. The molecule has 1 aliphatic carbocycles. The Hall–Kier alpha value is -2.43. The minimum absolute atomic E-state index is 0.0324. The number of carbonyl (C=O) groups is 1. The largest absolute Gasteiger partial charge is 0.426 e. The standard InChI is InChI=1S/C14H13N3O2/c18-14(11-3-1-2-4-11)19-13-7-5-12(6-8-13)17-10-9-15-16-17/h1-2,5-11H,3-4H2. The number of carbonyl (C=O) groups excluding carboxylic acids is 1. The minimum atomic E-state index is -0.168. The third-order valence-electron chi connectivity index (χ3n) is 3.08. The molecule has 0 N–H and O–H groups in total. The zero-order valence-electron chi connectivity index (χ0n) is 10.3. The summed E-state index contributed by atoms with van der Waals surface area (Å²) < 4.78 is 6.99. The van der Waals surface area contributed by atoms with Crippen molar-refractivity contribution < 1.29 is 9.53 Å². The van der Waals surface area contributed by atoms with E-state index >= 15 is 0 Å². The number of rotatable bonds is 3. The normalized spacial score (nSPS) is 14.7. The van der Waals surface area contributed by atoms with E-state index in [1.54, 1.807) is 29.2 Å². The molecular weight excluding hydrogens is 242 g/mol. The Morgan fingerprint density at radius 2 is 1.95 bits per heavy atom. The van der Waals surface area contributed by atoms with Gasteiger partial charge in [-0.15, -0.1) is 5.10 Å². The molecule has 0 saturated carbocycles. The van der Waals surface area contributed by atoms with Gasteiger partial charge in [0.2, 0.25) is 0 Å². The summed E-state index contributed by atoms with van der Waals surface area (Å²) in [5.41, 5.74) is 0.875. The second kappa shape index (κ2) is 5.06. The Morgan fingerprint density at radius 1 is 1.21 bits per heavy atom. The van der Waals surface area contributed by atoms with Gasteiger partial charge in [0.15, 0.2) is 0 Å². The number of allylic oxidation sites excluding steroid dienone is 2. The third kappa shape index (κ3) is 2.54. The van der Waals surface area contributed by atoms with Crippen molar-refractivity contribution in [2.24, 2.45) is 5.92 Å². The molecule has 1 aliphatic rings. The zero-order valence-corrected chi connectivity index (χ0v) is 10.3. The van der Waals surface area contributed by atoms with Crippen molar-refractivity contribution in [1.29, 1.82) is 0 Å². The topological polar surface area (TPSA) is 57.0 Å². The first-order valence-electron chi connectivity index (χ1n) is 6.16. The van der Waals surface area contributed by atoms with Crippen molar-refractivity contribution >= 4 is 5.97 Å². The fraction of sp³-hybridized carbons (Fsp3) is 0.214. The Morgan fingerprint density at radius 3 is 2.58 bits per heavy atom. The van der Waals surface area contributed by atoms with E-state index in [1.165, 1.54) is 0 Å². The number of esters is 1. The van der Waals surface area contributed by atoms with Gasteiger partial charge >= 0.3 is 5.97 Å². The molecule has 0 unspecified atom stereocenters. The van der Waals surface area contributed by atoms with Crippen molar-refractivity contribution in [3.05, 3.63) is 48.8 Å². The SMILES string of the molecule is O=C(Oc1ccc(-n2ccnn2)cc1)C1CC=CC1.